The Morgan fingerprint density at radius 1 is 1.06 bits per heavy atom. The molecule has 31 heavy (non-hydrogen) atoms. The molecule has 0 aliphatic heterocycles. The fourth-order valence-electron chi connectivity index (χ4n) is 2.32. The van der Waals surface area contributed by atoms with E-state index in [4.69, 9.17) is 9.47 Å². The van der Waals surface area contributed by atoms with Crippen molar-refractivity contribution in [3.8, 4) is 11.5 Å². The van der Waals surface area contributed by atoms with Gasteiger partial charge in [0.15, 0.2) is 0 Å². The highest BCUT2D eigenvalue weighted by Crippen LogP contribution is 2.38. The van der Waals surface area contributed by atoms with Crippen molar-refractivity contribution < 1.29 is 37.3 Å². The number of methoxy groups -OCH3 is 1. The summed E-state index contributed by atoms with van der Waals surface area (Å²) < 4.78 is 48.7. The minimum Gasteiger partial charge on any atom is -0.480 e. The molecule has 0 saturated carbocycles. The normalized spacial score (nSPS) is 11.6. The molecule has 0 saturated heterocycles. The number of nitrogens with one attached hydrogen (secondary N) is 1. The van der Waals surface area contributed by atoms with Gasteiger partial charge in [0.05, 0.1) is 22.5 Å². The zero-order valence-corrected chi connectivity index (χ0v) is 15.8. The second-order valence-corrected chi connectivity index (χ2v) is 5.65. The van der Waals surface area contributed by atoms with Crippen LogP contribution in [0.15, 0.2) is 41.4 Å². The number of ether oxygens (including phenoxy) is 2. The van der Waals surface area contributed by atoms with Gasteiger partial charge >= 0.3 is 17.9 Å². The van der Waals surface area contributed by atoms with Crippen LogP contribution in [0.1, 0.15) is 11.1 Å². The zero-order valence-electron chi connectivity index (χ0n) is 15.8. The minimum absolute atomic E-state index is 0.217. The maximum Gasteiger partial charge on any atom is 0.416 e. The molecule has 0 spiro atoms. The molecule has 0 atom stereocenters. The molecular formula is C17H13F3N4O7. The molecular weight excluding hydrogens is 429 g/mol. The van der Waals surface area contributed by atoms with Gasteiger partial charge < -0.3 is 14.8 Å². The van der Waals surface area contributed by atoms with Crippen LogP contribution in [0.25, 0.3) is 0 Å². The van der Waals surface area contributed by atoms with E-state index in [2.05, 4.69) is 10.3 Å². The Hall–Kier alpha value is -4.23. The van der Waals surface area contributed by atoms with E-state index >= 15 is 0 Å². The number of benzene rings is 2. The molecule has 0 radical (unpaired) electrons. The topological polar surface area (TPSA) is 146 Å². The first-order valence-corrected chi connectivity index (χ1v) is 8.14. The smallest absolute Gasteiger partial charge is 0.416 e. The van der Waals surface area contributed by atoms with Crippen molar-refractivity contribution in [2.75, 3.05) is 14.2 Å². The number of urea groups is 1. The summed E-state index contributed by atoms with van der Waals surface area (Å²) in [4.78, 5) is 35.6. The van der Waals surface area contributed by atoms with E-state index < -0.39 is 50.6 Å². The lowest BCUT2D eigenvalue weighted by Crippen LogP contribution is -2.17. The lowest BCUT2D eigenvalue weighted by Gasteiger charge is -2.11. The number of hydrogen-bond donors (Lipinski definition) is 1. The van der Waals surface area contributed by atoms with Crippen molar-refractivity contribution in [3.05, 3.63) is 67.8 Å². The van der Waals surface area contributed by atoms with Gasteiger partial charge in [0, 0.05) is 25.2 Å². The number of carbonyl (C=O) groups excluding carboxylic acids is 1. The van der Waals surface area contributed by atoms with Crippen LogP contribution in [-0.4, -0.2) is 35.9 Å². The highest BCUT2D eigenvalue weighted by molar-refractivity contribution is 6.04. The highest BCUT2D eigenvalue weighted by atomic mass is 19.4. The van der Waals surface area contributed by atoms with Crippen LogP contribution in [0.3, 0.4) is 0 Å². The van der Waals surface area contributed by atoms with Crippen LogP contribution in [0.5, 0.6) is 11.5 Å². The number of aliphatic imine (C=N–C) groups is 1. The molecule has 0 heterocycles. The molecule has 1 N–H and O–H groups in total. The number of hydrogen-bond acceptors (Lipinski definition) is 7. The summed E-state index contributed by atoms with van der Waals surface area (Å²) in [6.07, 6.45) is -4.81. The molecule has 0 bridgehead atoms. The quantitative estimate of drug-likeness (QED) is 0.318. The molecule has 164 valence electrons. The van der Waals surface area contributed by atoms with Crippen LogP contribution >= 0.6 is 0 Å². The van der Waals surface area contributed by atoms with E-state index in [9.17, 15) is 38.2 Å². The maximum absolute atomic E-state index is 12.8. The summed E-state index contributed by atoms with van der Waals surface area (Å²) in [6.45, 7) is 0. The van der Waals surface area contributed by atoms with Crippen LogP contribution in [0.2, 0.25) is 0 Å². The maximum atomic E-state index is 12.8. The van der Waals surface area contributed by atoms with Crippen molar-refractivity contribution in [1.82, 2.24) is 5.32 Å². The molecule has 0 aromatic heterocycles. The average molecular weight is 442 g/mol. The summed E-state index contributed by atoms with van der Waals surface area (Å²) in [5.74, 6) is -1.22. The van der Waals surface area contributed by atoms with Crippen LogP contribution in [0, 0.1) is 20.2 Å². The second kappa shape index (κ2) is 9.06. The third-order valence-electron chi connectivity index (χ3n) is 3.72. The predicted molar refractivity (Wildman–Crippen MR) is 99.3 cm³/mol. The summed E-state index contributed by atoms with van der Waals surface area (Å²) in [7, 11) is 2.36. The summed E-state index contributed by atoms with van der Waals surface area (Å²) >= 11 is 0. The summed E-state index contributed by atoms with van der Waals surface area (Å²) in [5.41, 5.74) is -3.06. The van der Waals surface area contributed by atoms with E-state index in [-0.39, 0.29) is 11.3 Å². The zero-order chi connectivity index (χ0) is 23.3. The van der Waals surface area contributed by atoms with E-state index in [1.165, 1.54) is 7.05 Å². The standard InChI is InChI=1S/C17H13F3N4O7/c1-21-16(25)22-15(30-2)11-8-10(4-5-12(11)23(26)27)31-14-6-3-9(17(18,19)20)7-13(14)24(28)29/h3-8H,1-2H3,(H,21,25). The highest BCUT2D eigenvalue weighted by Gasteiger charge is 2.33. The fourth-order valence-corrected chi connectivity index (χ4v) is 2.32. The molecule has 0 unspecified atom stereocenters. The lowest BCUT2D eigenvalue weighted by molar-refractivity contribution is -0.385. The molecule has 0 aliphatic carbocycles. The first-order valence-electron chi connectivity index (χ1n) is 8.14. The van der Waals surface area contributed by atoms with Gasteiger partial charge in [-0.05, 0) is 18.2 Å². The van der Waals surface area contributed by atoms with Gasteiger partial charge in [-0.1, -0.05) is 0 Å². The fraction of sp³-hybridized carbons (Fsp3) is 0.176. The number of halogens is 3. The number of nitro benzene ring substituents is 2. The van der Waals surface area contributed by atoms with Crippen molar-refractivity contribution in [2.24, 2.45) is 4.99 Å². The lowest BCUT2D eigenvalue weighted by atomic mass is 10.1. The van der Waals surface area contributed by atoms with Gasteiger partial charge in [-0.15, -0.1) is 0 Å². The first kappa shape index (κ1) is 23.1. The third-order valence-corrected chi connectivity index (χ3v) is 3.72. The largest absolute Gasteiger partial charge is 0.480 e. The third kappa shape index (κ3) is 5.43. The molecule has 2 amide bonds. The van der Waals surface area contributed by atoms with Crippen molar-refractivity contribution >= 4 is 23.3 Å². The van der Waals surface area contributed by atoms with Crippen molar-refractivity contribution in [1.29, 1.82) is 0 Å². The van der Waals surface area contributed by atoms with Crippen molar-refractivity contribution in [2.45, 2.75) is 6.18 Å². The molecule has 2 aromatic rings. The molecule has 2 rings (SSSR count). The van der Waals surface area contributed by atoms with Gasteiger partial charge in [-0.2, -0.15) is 18.2 Å². The van der Waals surface area contributed by atoms with E-state index in [1.54, 1.807) is 0 Å². The van der Waals surface area contributed by atoms with E-state index in [0.29, 0.717) is 12.1 Å². The van der Waals surface area contributed by atoms with Crippen molar-refractivity contribution in [3.63, 3.8) is 0 Å². The van der Waals surface area contributed by atoms with Crippen LogP contribution in [0.4, 0.5) is 29.3 Å². The van der Waals surface area contributed by atoms with E-state index in [0.717, 1.165) is 31.4 Å². The number of carbonyl (C=O) groups is 1. The molecule has 14 heteroatoms. The number of nitrogens with zero attached hydrogens (tertiary/aromatic N) is 3. The Kier molecular flexibility index (Phi) is 6.74. The number of amides is 2. The van der Waals surface area contributed by atoms with Crippen LogP contribution < -0.4 is 10.1 Å². The Morgan fingerprint density at radius 3 is 2.23 bits per heavy atom. The molecule has 11 nitrogen and oxygen atoms in total. The molecule has 0 aliphatic rings. The molecule has 0 fully saturated rings. The Morgan fingerprint density at radius 2 is 1.71 bits per heavy atom. The van der Waals surface area contributed by atoms with Gasteiger partial charge in [-0.3, -0.25) is 20.2 Å². The predicted octanol–water partition coefficient (Wildman–Crippen LogP) is 4.05. The summed E-state index contributed by atoms with van der Waals surface area (Å²) in [5, 5.41) is 24.7. The molecule has 2 aromatic carbocycles. The van der Waals surface area contributed by atoms with Gasteiger partial charge in [-0.25, -0.2) is 4.79 Å². The van der Waals surface area contributed by atoms with Gasteiger partial charge in [0.25, 0.3) is 5.69 Å². The summed E-state index contributed by atoms with van der Waals surface area (Å²) in [6, 6.07) is 3.78. The first-order chi connectivity index (χ1) is 14.5. The van der Waals surface area contributed by atoms with Gasteiger partial charge in [0.1, 0.15) is 11.3 Å². The number of alkyl halides is 3. The number of nitro groups is 2. The Bertz CT molecular complexity index is 1070. The Labute approximate surface area is 171 Å². The van der Waals surface area contributed by atoms with Crippen LogP contribution in [-0.2, 0) is 10.9 Å². The number of rotatable bonds is 5. The second-order valence-electron chi connectivity index (χ2n) is 5.65. The minimum atomic E-state index is -4.81. The monoisotopic (exact) mass is 442 g/mol. The van der Waals surface area contributed by atoms with Gasteiger partial charge in [0.2, 0.25) is 11.6 Å². The van der Waals surface area contributed by atoms with E-state index in [1.807, 2.05) is 0 Å². The Balaban J connectivity index is 2.56. The average Bonchev–Trinajstić information content (AvgIpc) is 2.70. The SMILES string of the molecule is CNC(=O)N=C(OC)c1cc(Oc2ccc(C(F)(F)F)cc2[N+](=O)[O-])ccc1[N+](=O)[O-].